The van der Waals surface area contributed by atoms with Gasteiger partial charge in [-0.25, -0.2) is 0 Å². The third-order valence-corrected chi connectivity index (χ3v) is 9.91. The maximum absolute atomic E-state index is 14.2. The number of ketones is 2. The molecular weight excluding hydrogens is 618 g/mol. The lowest BCUT2D eigenvalue weighted by atomic mass is 9.57. The lowest BCUT2D eigenvalue weighted by Crippen LogP contribution is -2.65. The second-order valence-corrected chi connectivity index (χ2v) is 13.5. The summed E-state index contributed by atoms with van der Waals surface area (Å²) in [6, 6.07) is 9.62. The molecule has 0 aromatic heterocycles. The van der Waals surface area contributed by atoms with Crippen LogP contribution in [0, 0.1) is 11.8 Å². The molecule has 5 rings (SSSR count). The van der Waals surface area contributed by atoms with Crippen LogP contribution in [0.25, 0.3) is 5.76 Å². The largest absolute Gasteiger partial charge is 0.508 e. The lowest BCUT2D eigenvalue weighted by Gasteiger charge is -2.50. The van der Waals surface area contributed by atoms with E-state index in [1.165, 1.54) is 4.90 Å². The molecule has 3 aliphatic rings. The molecule has 3 aliphatic carbocycles. The summed E-state index contributed by atoms with van der Waals surface area (Å²) in [5, 5.41) is 49.2. The number of aliphatic hydroxyl groups excluding tert-OH is 2. The fraction of sp³-hybridized carbons (Fsp3) is 0.429. The van der Waals surface area contributed by atoms with E-state index >= 15 is 0 Å². The topological polar surface area (TPSA) is 197 Å². The van der Waals surface area contributed by atoms with Gasteiger partial charge in [-0.05, 0) is 70.6 Å². The Morgan fingerprint density at radius 3 is 2.25 bits per heavy atom. The van der Waals surface area contributed by atoms with Gasteiger partial charge >= 0.3 is 0 Å². The van der Waals surface area contributed by atoms with Crippen molar-refractivity contribution in [2.45, 2.75) is 43.5 Å². The zero-order valence-electron chi connectivity index (χ0n) is 27.9. The first-order chi connectivity index (χ1) is 22.5. The number of aliphatic hydroxyl groups is 3. The zero-order valence-corrected chi connectivity index (χ0v) is 27.9. The van der Waals surface area contributed by atoms with E-state index in [2.05, 4.69) is 5.32 Å². The van der Waals surface area contributed by atoms with Crippen LogP contribution in [0.4, 0.5) is 5.69 Å². The molecule has 5 atom stereocenters. The van der Waals surface area contributed by atoms with Crippen LogP contribution in [0.3, 0.4) is 0 Å². The van der Waals surface area contributed by atoms with Gasteiger partial charge in [-0.1, -0.05) is 30.3 Å². The number of benzene rings is 2. The smallest absolute Gasteiger partial charge is 0.255 e. The van der Waals surface area contributed by atoms with Crippen LogP contribution in [-0.4, -0.2) is 114 Å². The van der Waals surface area contributed by atoms with Crippen molar-refractivity contribution in [3.63, 3.8) is 0 Å². The van der Waals surface area contributed by atoms with Gasteiger partial charge in [-0.3, -0.25) is 29.0 Å². The molecule has 0 aliphatic heterocycles. The molecule has 2 amide bonds. The molecule has 256 valence electrons. The van der Waals surface area contributed by atoms with Gasteiger partial charge in [0, 0.05) is 43.4 Å². The molecule has 13 heteroatoms. The number of nitrogens with two attached hydrogens (primary N) is 1. The Hall–Kier alpha value is -4.72. The van der Waals surface area contributed by atoms with E-state index in [4.69, 9.17) is 5.73 Å². The quantitative estimate of drug-likeness (QED) is 0.208. The van der Waals surface area contributed by atoms with Crippen molar-refractivity contribution in [3.8, 4) is 5.75 Å². The van der Waals surface area contributed by atoms with Crippen molar-refractivity contribution >= 4 is 34.8 Å². The highest BCUT2D eigenvalue weighted by Gasteiger charge is 2.64. The molecule has 7 N–H and O–H groups in total. The Labute approximate surface area is 278 Å². The first kappa shape index (κ1) is 34.6. The highest BCUT2D eigenvalue weighted by molar-refractivity contribution is 6.24. The van der Waals surface area contributed by atoms with E-state index in [0.717, 1.165) is 5.56 Å². The summed E-state index contributed by atoms with van der Waals surface area (Å²) < 4.78 is 0. The highest BCUT2D eigenvalue weighted by atomic mass is 16.3. The predicted molar refractivity (Wildman–Crippen MR) is 178 cm³/mol. The lowest BCUT2D eigenvalue weighted by molar-refractivity contribution is -0.153. The van der Waals surface area contributed by atoms with E-state index < -0.39 is 64.1 Å². The number of Topliss-reactive ketones (excluding diaryl/α,β-unsaturated/α-hetero) is 2. The monoisotopic (exact) mass is 661 g/mol. The molecule has 0 bridgehead atoms. The molecule has 0 heterocycles. The zero-order chi connectivity index (χ0) is 35.4. The number of amides is 2. The summed E-state index contributed by atoms with van der Waals surface area (Å²) in [5.74, 6) is -7.40. The molecule has 48 heavy (non-hydrogen) atoms. The third-order valence-electron chi connectivity index (χ3n) is 9.91. The number of hydrogen-bond donors (Lipinski definition) is 6. The number of anilines is 1. The number of nitrogens with zero attached hydrogens (tertiary/aromatic N) is 3. The van der Waals surface area contributed by atoms with E-state index in [9.17, 15) is 39.6 Å². The second-order valence-electron chi connectivity index (χ2n) is 13.5. The number of carbonyl (C=O) groups is 4. The van der Waals surface area contributed by atoms with Gasteiger partial charge in [0.25, 0.3) is 5.91 Å². The summed E-state index contributed by atoms with van der Waals surface area (Å²) >= 11 is 0. The van der Waals surface area contributed by atoms with Crippen molar-refractivity contribution in [2.75, 3.05) is 47.2 Å². The fourth-order valence-electron chi connectivity index (χ4n) is 7.53. The van der Waals surface area contributed by atoms with E-state index in [1.807, 2.05) is 30.3 Å². The van der Waals surface area contributed by atoms with Gasteiger partial charge in [-0.2, -0.15) is 0 Å². The highest BCUT2D eigenvalue weighted by Crippen LogP contribution is 2.54. The fourth-order valence-corrected chi connectivity index (χ4v) is 7.53. The minimum absolute atomic E-state index is 0.00939. The molecule has 2 aromatic carbocycles. The Morgan fingerprint density at radius 1 is 1.04 bits per heavy atom. The SMILES string of the molecule is CN(C)c1cc(CNC(=O)C(Cc2ccccc2)N(C)C)c(O)c2c1C[C@@H]1C[C@@H]3[C@@H](N(C)C)C(=O)C(C(N)=O)=C(O)[C@]3(O)C(=O)C1=C2O. The van der Waals surface area contributed by atoms with Crippen LogP contribution in [0.15, 0.2) is 53.3 Å². The number of phenolic OH excluding ortho intramolecular Hbond substituents is 1. The molecule has 0 radical (unpaired) electrons. The minimum atomic E-state index is -2.73. The summed E-state index contributed by atoms with van der Waals surface area (Å²) in [7, 11) is 10.3. The molecule has 0 spiro atoms. The predicted octanol–water partition coefficient (Wildman–Crippen LogP) is 0.819. The first-order valence-electron chi connectivity index (χ1n) is 15.7. The number of aromatic hydroxyl groups is 1. The summed E-state index contributed by atoms with van der Waals surface area (Å²) in [5.41, 5.74) is 3.98. The molecule has 0 saturated heterocycles. The molecule has 1 saturated carbocycles. The van der Waals surface area contributed by atoms with Crippen LogP contribution in [-0.2, 0) is 38.6 Å². The van der Waals surface area contributed by atoms with E-state index in [-0.39, 0.29) is 47.7 Å². The van der Waals surface area contributed by atoms with Crippen LogP contribution >= 0.6 is 0 Å². The number of primary amides is 1. The minimum Gasteiger partial charge on any atom is -0.508 e. The number of likely N-dealkylation sites (N-methyl/N-ethyl adjacent to an activating group) is 2. The third kappa shape index (κ3) is 5.51. The van der Waals surface area contributed by atoms with Crippen molar-refractivity contribution in [1.82, 2.24) is 15.1 Å². The van der Waals surface area contributed by atoms with Gasteiger partial charge < -0.3 is 36.4 Å². The molecule has 2 aromatic rings. The van der Waals surface area contributed by atoms with Crippen molar-refractivity contribution in [3.05, 3.63) is 75.6 Å². The van der Waals surface area contributed by atoms with E-state index in [0.29, 0.717) is 17.7 Å². The van der Waals surface area contributed by atoms with Crippen molar-refractivity contribution in [2.24, 2.45) is 17.6 Å². The van der Waals surface area contributed by atoms with Crippen LogP contribution in [0.2, 0.25) is 0 Å². The van der Waals surface area contributed by atoms with Crippen LogP contribution in [0.1, 0.15) is 28.7 Å². The molecule has 1 unspecified atom stereocenters. The Morgan fingerprint density at radius 2 is 1.69 bits per heavy atom. The number of phenols is 1. The Balaban J connectivity index is 1.56. The van der Waals surface area contributed by atoms with Crippen molar-refractivity contribution < 1.29 is 39.6 Å². The summed E-state index contributed by atoms with van der Waals surface area (Å²) in [6.45, 7) is -0.0952. The van der Waals surface area contributed by atoms with Gasteiger partial charge in [0.2, 0.25) is 11.7 Å². The van der Waals surface area contributed by atoms with Gasteiger partial charge in [0.15, 0.2) is 11.4 Å². The van der Waals surface area contributed by atoms with Crippen molar-refractivity contribution in [1.29, 1.82) is 0 Å². The Bertz CT molecular complexity index is 1750. The molecule has 1 fully saturated rings. The molecule has 13 nitrogen and oxygen atoms in total. The number of hydrogen-bond acceptors (Lipinski definition) is 11. The summed E-state index contributed by atoms with van der Waals surface area (Å²) in [4.78, 5) is 58.2. The summed E-state index contributed by atoms with van der Waals surface area (Å²) in [6.07, 6.45) is 0.602. The average molecular weight is 662 g/mol. The van der Waals surface area contributed by atoms with Gasteiger partial charge in [-0.15, -0.1) is 0 Å². The molecular formula is C35H43N5O8. The van der Waals surface area contributed by atoms with Crippen LogP contribution < -0.4 is 16.0 Å². The maximum atomic E-state index is 14.2. The number of nitrogens with one attached hydrogen (secondary N) is 1. The number of rotatable bonds is 9. The van der Waals surface area contributed by atoms with E-state index in [1.54, 1.807) is 58.2 Å². The van der Waals surface area contributed by atoms with Crippen LogP contribution in [0.5, 0.6) is 5.75 Å². The standard InChI is InChI=1S/C35H43N5O8/c1-38(2)22-15-19(16-37-34(47)23(39(3)4)12-17-10-8-7-9-11-17)28(41)25-20(22)13-18-14-21-27(40(5)6)30(43)26(33(36)46)32(45)35(21,48)31(44)24(18)29(25)42/h7-11,15,18,21,23,27,41-42,45,48H,12-14,16H2,1-6H3,(H2,36,46)(H,37,47)/t18-,21-,23?,27-,35-/m1/s1. The van der Waals surface area contributed by atoms with Gasteiger partial charge in [0.05, 0.1) is 17.6 Å². The second kappa shape index (κ2) is 12.7. The maximum Gasteiger partial charge on any atom is 0.255 e. The normalized spacial score (nSPS) is 24.3. The first-order valence-corrected chi connectivity index (χ1v) is 15.7. The number of carbonyl (C=O) groups excluding carboxylic acids is 4. The van der Waals surface area contributed by atoms with Gasteiger partial charge in [0.1, 0.15) is 22.8 Å². The Kier molecular flexibility index (Phi) is 9.17. The number of fused-ring (bicyclic) bond motifs is 3. The average Bonchev–Trinajstić information content (AvgIpc) is 3.01.